The van der Waals surface area contributed by atoms with Gasteiger partial charge in [-0.25, -0.2) is 4.63 Å². The van der Waals surface area contributed by atoms with E-state index in [-0.39, 0.29) is 11.8 Å². The van der Waals surface area contributed by atoms with E-state index in [1.54, 1.807) is 20.8 Å². The van der Waals surface area contributed by atoms with Crippen LogP contribution in [0.4, 0.5) is 5.82 Å². The number of aryl methyl sites for hydroxylation is 1. The molecule has 1 amide bonds. The number of hydrogen-bond donors (Lipinski definition) is 1. The molecule has 0 saturated carbocycles. The van der Waals surface area contributed by atoms with Gasteiger partial charge in [0.1, 0.15) is 5.69 Å². The Hall–Kier alpha value is -1.39. The van der Waals surface area contributed by atoms with Crippen LogP contribution in [-0.4, -0.2) is 16.2 Å². The Bertz CT molecular complexity index is 280. The Kier molecular flexibility index (Phi) is 2.42. The molecule has 12 heavy (non-hydrogen) atoms. The summed E-state index contributed by atoms with van der Waals surface area (Å²) < 4.78 is 4.41. The lowest BCUT2D eigenvalue weighted by atomic mass is 10.2. The first-order valence-corrected chi connectivity index (χ1v) is 3.71. The zero-order valence-corrected chi connectivity index (χ0v) is 7.29. The van der Waals surface area contributed by atoms with Crippen molar-refractivity contribution in [1.82, 2.24) is 10.3 Å². The number of rotatable bonds is 2. The van der Waals surface area contributed by atoms with Gasteiger partial charge in [-0.05, 0) is 12.1 Å². The zero-order valence-electron chi connectivity index (χ0n) is 7.29. The number of anilines is 1. The fourth-order valence-electron chi connectivity index (χ4n) is 0.606. The molecule has 0 aliphatic heterocycles. The maximum absolute atomic E-state index is 11.1. The van der Waals surface area contributed by atoms with Gasteiger partial charge < -0.3 is 5.32 Å². The van der Waals surface area contributed by atoms with Gasteiger partial charge >= 0.3 is 0 Å². The molecule has 0 aromatic carbocycles. The van der Waals surface area contributed by atoms with Gasteiger partial charge in [-0.15, -0.1) is 0 Å². The van der Waals surface area contributed by atoms with Crippen molar-refractivity contribution in [2.45, 2.75) is 20.8 Å². The van der Waals surface area contributed by atoms with E-state index in [1.807, 2.05) is 0 Å². The lowest BCUT2D eigenvalue weighted by Crippen LogP contribution is -2.18. The minimum absolute atomic E-state index is 0.0684. The van der Waals surface area contributed by atoms with Crippen molar-refractivity contribution in [2.75, 3.05) is 5.32 Å². The molecular formula is C7H11N3O2. The molecule has 66 valence electrons. The number of carbonyl (C=O) groups is 1. The molecule has 1 aromatic heterocycles. The second-order valence-electron chi connectivity index (χ2n) is 2.84. The standard InChI is InChI=1S/C7H11N3O2/c1-4(2)7(11)8-6-5(3)9-12-10-6/h4H,1-3H3,(H,8,10,11). The van der Waals surface area contributed by atoms with Crippen LogP contribution in [0.25, 0.3) is 0 Å². The van der Waals surface area contributed by atoms with Gasteiger partial charge in [0.05, 0.1) is 0 Å². The molecule has 0 unspecified atom stereocenters. The quantitative estimate of drug-likeness (QED) is 0.716. The third kappa shape index (κ3) is 1.81. The lowest BCUT2D eigenvalue weighted by molar-refractivity contribution is -0.118. The van der Waals surface area contributed by atoms with Crippen LogP contribution in [0.2, 0.25) is 0 Å². The molecule has 0 aliphatic rings. The van der Waals surface area contributed by atoms with Crippen LogP contribution in [-0.2, 0) is 4.79 Å². The van der Waals surface area contributed by atoms with Crippen LogP contribution in [0.5, 0.6) is 0 Å². The van der Waals surface area contributed by atoms with Crippen LogP contribution in [0, 0.1) is 12.8 Å². The van der Waals surface area contributed by atoms with Gasteiger partial charge in [0.15, 0.2) is 5.82 Å². The molecule has 1 aromatic rings. The first kappa shape index (κ1) is 8.70. The van der Waals surface area contributed by atoms with Crippen molar-refractivity contribution < 1.29 is 9.42 Å². The number of nitrogens with zero attached hydrogens (tertiary/aromatic N) is 2. The van der Waals surface area contributed by atoms with Gasteiger partial charge in [-0.2, -0.15) is 0 Å². The van der Waals surface area contributed by atoms with E-state index in [4.69, 9.17) is 0 Å². The maximum Gasteiger partial charge on any atom is 0.228 e. The van der Waals surface area contributed by atoms with Crippen molar-refractivity contribution in [2.24, 2.45) is 5.92 Å². The molecule has 0 spiro atoms. The first-order valence-electron chi connectivity index (χ1n) is 3.71. The Morgan fingerprint density at radius 2 is 2.17 bits per heavy atom. The van der Waals surface area contributed by atoms with E-state index < -0.39 is 0 Å². The summed E-state index contributed by atoms with van der Waals surface area (Å²) in [6, 6.07) is 0. The summed E-state index contributed by atoms with van der Waals surface area (Å²) in [4.78, 5) is 11.1. The highest BCUT2D eigenvalue weighted by Crippen LogP contribution is 2.08. The molecule has 1 N–H and O–H groups in total. The zero-order chi connectivity index (χ0) is 9.14. The SMILES string of the molecule is Cc1nonc1NC(=O)C(C)C. The molecule has 0 saturated heterocycles. The number of aromatic nitrogens is 2. The van der Waals surface area contributed by atoms with E-state index in [1.165, 1.54) is 0 Å². The Morgan fingerprint density at radius 3 is 2.58 bits per heavy atom. The number of hydrogen-bond acceptors (Lipinski definition) is 4. The van der Waals surface area contributed by atoms with Crippen LogP contribution in [0.15, 0.2) is 4.63 Å². The minimum Gasteiger partial charge on any atom is -0.306 e. The van der Waals surface area contributed by atoms with Crippen LogP contribution in [0.1, 0.15) is 19.5 Å². The fourth-order valence-corrected chi connectivity index (χ4v) is 0.606. The molecule has 5 nitrogen and oxygen atoms in total. The van der Waals surface area contributed by atoms with Gasteiger partial charge in [-0.1, -0.05) is 19.0 Å². The maximum atomic E-state index is 11.1. The minimum atomic E-state index is -0.0891. The highest BCUT2D eigenvalue weighted by Gasteiger charge is 2.11. The normalized spacial score (nSPS) is 10.3. The van der Waals surface area contributed by atoms with E-state index >= 15 is 0 Å². The largest absolute Gasteiger partial charge is 0.306 e. The number of nitrogens with one attached hydrogen (secondary N) is 1. The fraction of sp³-hybridized carbons (Fsp3) is 0.571. The summed E-state index contributed by atoms with van der Waals surface area (Å²) in [5, 5.41) is 9.63. The molecule has 0 bridgehead atoms. The molecule has 5 heteroatoms. The van der Waals surface area contributed by atoms with Crippen molar-refractivity contribution in [3.8, 4) is 0 Å². The smallest absolute Gasteiger partial charge is 0.228 e. The molecule has 0 fully saturated rings. The van der Waals surface area contributed by atoms with Crippen molar-refractivity contribution in [3.05, 3.63) is 5.69 Å². The highest BCUT2D eigenvalue weighted by molar-refractivity contribution is 5.91. The van der Waals surface area contributed by atoms with Crippen LogP contribution < -0.4 is 5.32 Å². The van der Waals surface area contributed by atoms with Crippen molar-refractivity contribution in [3.63, 3.8) is 0 Å². The third-order valence-corrected chi connectivity index (χ3v) is 1.42. The van der Waals surface area contributed by atoms with Crippen LogP contribution >= 0.6 is 0 Å². The third-order valence-electron chi connectivity index (χ3n) is 1.42. The Balaban J connectivity index is 2.64. The number of carbonyl (C=O) groups excluding carboxylic acids is 1. The summed E-state index contributed by atoms with van der Waals surface area (Å²) in [7, 11) is 0. The topological polar surface area (TPSA) is 68.0 Å². The van der Waals surface area contributed by atoms with E-state index in [2.05, 4.69) is 20.3 Å². The van der Waals surface area contributed by atoms with Gasteiger partial charge in [0.25, 0.3) is 0 Å². The highest BCUT2D eigenvalue weighted by atomic mass is 16.6. The second-order valence-corrected chi connectivity index (χ2v) is 2.84. The van der Waals surface area contributed by atoms with E-state index in [0.717, 1.165) is 0 Å². The van der Waals surface area contributed by atoms with Crippen LogP contribution in [0.3, 0.4) is 0 Å². The second kappa shape index (κ2) is 3.34. The molecule has 1 rings (SSSR count). The summed E-state index contributed by atoms with van der Waals surface area (Å²) >= 11 is 0. The first-order chi connectivity index (χ1) is 5.61. The van der Waals surface area contributed by atoms with Gasteiger partial charge in [-0.3, -0.25) is 4.79 Å². The summed E-state index contributed by atoms with van der Waals surface area (Å²) in [6.07, 6.45) is 0. The number of amides is 1. The average Bonchev–Trinajstić information content (AvgIpc) is 2.36. The monoisotopic (exact) mass is 169 g/mol. The molecule has 0 aliphatic carbocycles. The Labute approximate surface area is 70.1 Å². The van der Waals surface area contributed by atoms with Crippen molar-refractivity contribution >= 4 is 11.7 Å². The van der Waals surface area contributed by atoms with E-state index in [9.17, 15) is 4.79 Å². The molecular weight excluding hydrogens is 158 g/mol. The predicted octanol–water partition coefficient (Wildman–Crippen LogP) is 0.973. The summed E-state index contributed by atoms with van der Waals surface area (Å²) in [6.45, 7) is 5.32. The summed E-state index contributed by atoms with van der Waals surface area (Å²) in [5.74, 6) is 0.239. The molecule has 0 atom stereocenters. The predicted molar refractivity (Wildman–Crippen MR) is 42.5 cm³/mol. The van der Waals surface area contributed by atoms with E-state index in [0.29, 0.717) is 11.5 Å². The Morgan fingerprint density at radius 1 is 1.50 bits per heavy atom. The van der Waals surface area contributed by atoms with Gasteiger partial charge in [0, 0.05) is 5.92 Å². The average molecular weight is 169 g/mol. The van der Waals surface area contributed by atoms with Crippen molar-refractivity contribution in [1.29, 1.82) is 0 Å². The summed E-state index contributed by atoms with van der Waals surface area (Å²) in [5.41, 5.74) is 0.587. The molecule has 1 heterocycles. The molecule has 0 radical (unpaired) electrons. The van der Waals surface area contributed by atoms with Gasteiger partial charge in [0.2, 0.25) is 5.91 Å². The lowest BCUT2D eigenvalue weighted by Gasteiger charge is -2.02.